The van der Waals surface area contributed by atoms with Gasteiger partial charge >= 0.3 is 0 Å². The molecule has 1 amide bonds. The van der Waals surface area contributed by atoms with E-state index in [0.717, 1.165) is 11.1 Å². The quantitative estimate of drug-likeness (QED) is 0.780. The predicted octanol–water partition coefficient (Wildman–Crippen LogP) is 3.08. The van der Waals surface area contributed by atoms with Crippen LogP contribution in [0.2, 0.25) is 0 Å². The lowest BCUT2D eigenvalue weighted by molar-refractivity contribution is 0.0944. The Kier molecular flexibility index (Phi) is 4.37. The average Bonchev–Trinajstić information content (AvgIpc) is 2.97. The number of aryl methyl sites for hydroxylation is 1. The van der Waals surface area contributed by atoms with Crippen molar-refractivity contribution < 1.29 is 18.7 Å². The highest BCUT2D eigenvalue weighted by atomic mass is 16.5. The van der Waals surface area contributed by atoms with Gasteiger partial charge in [0.05, 0.1) is 14.2 Å². The van der Waals surface area contributed by atoms with Crippen LogP contribution in [0.4, 0.5) is 0 Å². The van der Waals surface area contributed by atoms with E-state index in [-0.39, 0.29) is 5.91 Å². The van der Waals surface area contributed by atoms with Gasteiger partial charge < -0.3 is 19.2 Å². The number of nitrogens with one attached hydrogen (secondary N) is 1. The fourth-order valence-electron chi connectivity index (χ4n) is 2.54. The molecule has 0 saturated carbocycles. The maximum absolute atomic E-state index is 12.5. The number of hydrogen-bond donors (Lipinski definition) is 1. The fraction of sp³-hybridized carbons (Fsp3) is 0.222. The highest BCUT2D eigenvalue weighted by Crippen LogP contribution is 2.28. The van der Waals surface area contributed by atoms with E-state index in [1.54, 1.807) is 25.1 Å². The SMILES string of the molecule is COc1cccc(OC)c1C(=O)NCc1ccc2nc(C)oc2c1. The Hall–Kier alpha value is -3.02. The van der Waals surface area contributed by atoms with Crippen molar-refractivity contribution in [3.63, 3.8) is 0 Å². The highest BCUT2D eigenvalue weighted by molar-refractivity contribution is 5.99. The summed E-state index contributed by atoms with van der Waals surface area (Å²) in [6, 6.07) is 10.9. The van der Waals surface area contributed by atoms with Crippen LogP contribution in [0, 0.1) is 6.92 Å². The van der Waals surface area contributed by atoms with E-state index >= 15 is 0 Å². The van der Waals surface area contributed by atoms with Gasteiger partial charge in [-0.05, 0) is 29.8 Å². The van der Waals surface area contributed by atoms with E-state index in [9.17, 15) is 4.79 Å². The number of fused-ring (bicyclic) bond motifs is 1. The minimum Gasteiger partial charge on any atom is -0.496 e. The van der Waals surface area contributed by atoms with Gasteiger partial charge in [0, 0.05) is 13.5 Å². The third-order valence-corrected chi connectivity index (χ3v) is 3.67. The second kappa shape index (κ2) is 6.62. The Balaban J connectivity index is 1.79. The molecule has 0 unspecified atom stereocenters. The van der Waals surface area contributed by atoms with Crippen molar-refractivity contribution in [2.24, 2.45) is 0 Å². The molecule has 0 bridgehead atoms. The van der Waals surface area contributed by atoms with Gasteiger partial charge in [0.1, 0.15) is 22.6 Å². The number of carbonyl (C=O) groups is 1. The Bertz CT molecular complexity index is 864. The Labute approximate surface area is 139 Å². The molecular formula is C18H18N2O4. The van der Waals surface area contributed by atoms with Gasteiger partial charge in [-0.15, -0.1) is 0 Å². The molecule has 0 aliphatic heterocycles. The molecule has 3 aromatic rings. The third-order valence-electron chi connectivity index (χ3n) is 3.67. The van der Waals surface area contributed by atoms with Crippen LogP contribution in [-0.4, -0.2) is 25.1 Å². The van der Waals surface area contributed by atoms with Crippen molar-refractivity contribution >= 4 is 17.0 Å². The molecule has 0 aliphatic rings. The maximum Gasteiger partial charge on any atom is 0.259 e. The van der Waals surface area contributed by atoms with Crippen molar-refractivity contribution in [2.45, 2.75) is 13.5 Å². The van der Waals surface area contributed by atoms with Gasteiger partial charge in [0.15, 0.2) is 11.5 Å². The minimum atomic E-state index is -0.266. The van der Waals surface area contributed by atoms with Gasteiger partial charge in [0.25, 0.3) is 5.91 Å². The first-order valence-corrected chi connectivity index (χ1v) is 7.47. The van der Waals surface area contributed by atoms with Crippen LogP contribution in [0.15, 0.2) is 40.8 Å². The van der Waals surface area contributed by atoms with E-state index in [2.05, 4.69) is 10.3 Å². The average molecular weight is 326 g/mol. The molecule has 0 aliphatic carbocycles. The molecule has 1 heterocycles. The van der Waals surface area contributed by atoms with E-state index in [0.29, 0.717) is 35.1 Å². The second-order valence-electron chi connectivity index (χ2n) is 5.26. The van der Waals surface area contributed by atoms with E-state index in [4.69, 9.17) is 13.9 Å². The van der Waals surface area contributed by atoms with Crippen LogP contribution in [0.5, 0.6) is 11.5 Å². The topological polar surface area (TPSA) is 73.6 Å². The number of carbonyl (C=O) groups excluding carboxylic acids is 1. The number of benzene rings is 2. The van der Waals surface area contributed by atoms with Gasteiger partial charge in [-0.1, -0.05) is 12.1 Å². The van der Waals surface area contributed by atoms with Crippen LogP contribution in [0.3, 0.4) is 0 Å². The fourth-order valence-corrected chi connectivity index (χ4v) is 2.54. The predicted molar refractivity (Wildman–Crippen MR) is 89.5 cm³/mol. The van der Waals surface area contributed by atoms with Crippen LogP contribution < -0.4 is 14.8 Å². The van der Waals surface area contributed by atoms with Gasteiger partial charge in [-0.25, -0.2) is 4.98 Å². The zero-order chi connectivity index (χ0) is 17.1. The molecule has 0 radical (unpaired) electrons. The number of amides is 1. The summed E-state index contributed by atoms with van der Waals surface area (Å²) < 4.78 is 16.0. The minimum absolute atomic E-state index is 0.266. The van der Waals surface area contributed by atoms with Crippen LogP contribution in [0.1, 0.15) is 21.8 Å². The lowest BCUT2D eigenvalue weighted by Gasteiger charge is -2.13. The van der Waals surface area contributed by atoms with Gasteiger partial charge in [-0.2, -0.15) is 0 Å². The zero-order valence-corrected chi connectivity index (χ0v) is 13.8. The molecule has 0 atom stereocenters. The summed E-state index contributed by atoms with van der Waals surface area (Å²) in [4.78, 5) is 16.8. The summed E-state index contributed by atoms with van der Waals surface area (Å²) in [6.07, 6.45) is 0. The van der Waals surface area contributed by atoms with Crippen LogP contribution in [-0.2, 0) is 6.54 Å². The van der Waals surface area contributed by atoms with Crippen molar-refractivity contribution in [1.82, 2.24) is 10.3 Å². The molecule has 1 aromatic heterocycles. The van der Waals surface area contributed by atoms with Crippen molar-refractivity contribution in [3.05, 3.63) is 53.4 Å². The molecule has 6 nitrogen and oxygen atoms in total. The van der Waals surface area contributed by atoms with E-state index in [1.165, 1.54) is 14.2 Å². The van der Waals surface area contributed by atoms with Gasteiger partial charge in [-0.3, -0.25) is 4.79 Å². The monoisotopic (exact) mass is 326 g/mol. The van der Waals surface area contributed by atoms with Crippen molar-refractivity contribution in [2.75, 3.05) is 14.2 Å². The summed E-state index contributed by atoms with van der Waals surface area (Å²) >= 11 is 0. The Morgan fingerprint density at radius 2 is 1.88 bits per heavy atom. The lowest BCUT2D eigenvalue weighted by Crippen LogP contribution is -2.24. The molecular weight excluding hydrogens is 308 g/mol. The standard InChI is InChI=1S/C18H18N2O4/c1-11-20-13-8-7-12(9-16(13)24-11)10-19-18(21)17-14(22-2)5-4-6-15(17)23-3/h4-9H,10H2,1-3H3,(H,19,21). The number of ether oxygens (including phenoxy) is 2. The van der Waals surface area contributed by atoms with Gasteiger partial charge in [0.2, 0.25) is 0 Å². The number of aromatic nitrogens is 1. The molecule has 0 spiro atoms. The summed E-state index contributed by atoms with van der Waals surface area (Å²) in [5.41, 5.74) is 2.79. The van der Waals surface area contributed by atoms with Crippen molar-refractivity contribution in [1.29, 1.82) is 0 Å². The number of nitrogens with zero attached hydrogens (tertiary/aromatic N) is 1. The van der Waals surface area contributed by atoms with Crippen LogP contribution in [0.25, 0.3) is 11.1 Å². The Morgan fingerprint density at radius 3 is 2.54 bits per heavy atom. The first-order valence-electron chi connectivity index (χ1n) is 7.47. The smallest absolute Gasteiger partial charge is 0.259 e. The maximum atomic E-state index is 12.5. The van der Waals surface area contributed by atoms with Crippen molar-refractivity contribution in [3.8, 4) is 11.5 Å². The molecule has 6 heteroatoms. The molecule has 1 N–H and O–H groups in total. The lowest BCUT2D eigenvalue weighted by atomic mass is 10.1. The molecule has 24 heavy (non-hydrogen) atoms. The molecule has 2 aromatic carbocycles. The normalized spacial score (nSPS) is 10.6. The zero-order valence-electron chi connectivity index (χ0n) is 13.8. The number of hydrogen-bond acceptors (Lipinski definition) is 5. The largest absolute Gasteiger partial charge is 0.496 e. The third kappa shape index (κ3) is 3.03. The second-order valence-corrected chi connectivity index (χ2v) is 5.26. The highest BCUT2D eigenvalue weighted by Gasteiger charge is 2.17. The van der Waals surface area contributed by atoms with E-state index in [1.807, 2.05) is 18.2 Å². The molecule has 124 valence electrons. The summed E-state index contributed by atoms with van der Waals surface area (Å²) in [7, 11) is 3.04. The first-order chi connectivity index (χ1) is 11.6. The molecule has 0 saturated heterocycles. The number of oxazole rings is 1. The number of rotatable bonds is 5. The van der Waals surface area contributed by atoms with Crippen LogP contribution >= 0.6 is 0 Å². The molecule has 3 rings (SSSR count). The number of methoxy groups -OCH3 is 2. The molecule has 0 fully saturated rings. The summed E-state index contributed by atoms with van der Waals surface area (Å²) in [6.45, 7) is 2.16. The summed E-state index contributed by atoms with van der Waals surface area (Å²) in [5, 5.41) is 2.88. The van der Waals surface area contributed by atoms with E-state index < -0.39 is 0 Å². The first kappa shape index (κ1) is 15.9. The Morgan fingerprint density at radius 1 is 1.17 bits per heavy atom. The summed E-state index contributed by atoms with van der Waals surface area (Å²) in [5.74, 6) is 1.28.